The number of hydrogen-bond donors (Lipinski definition) is 4. The Morgan fingerprint density at radius 1 is 0.957 bits per heavy atom. The summed E-state index contributed by atoms with van der Waals surface area (Å²) in [4.78, 5) is 0. The Morgan fingerprint density at radius 3 is 2.17 bits per heavy atom. The Kier molecular flexibility index (Phi) is 2.40. The minimum Gasteiger partial charge on any atom is -0.507 e. The summed E-state index contributed by atoms with van der Waals surface area (Å²) < 4.78 is 5.42. The molecular formula is C17H10N2O4. The van der Waals surface area contributed by atoms with Gasteiger partial charge in [-0.25, -0.2) is 0 Å². The van der Waals surface area contributed by atoms with Gasteiger partial charge in [0.25, 0.3) is 0 Å². The summed E-state index contributed by atoms with van der Waals surface area (Å²) in [5, 5.41) is 41.8. The molecule has 1 aromatic heterocycles. The van der Waals surface area contributed by atoms with Crippen molar-refractivity contribution in [3.63, 3.8) is 0 Å². The van der Waals surface area contributed by atoms with Crippen LogP contribution in [0.15, 0.2) is 34.7 Å². The molecule has 0 radical (unpaired) electrons. The van der Waals surface area contributed by atoms with Crippen LogP contribution in [-0.4, -0.2) is 15.3 Å². The van der Waals surface area contributed by atoms with E-state index >= 15 is 0 Å². The van der Waals surface area contributed by atoms with Gasteiger partial charge in [0.2, 0.25) is 5.88 Å². The second-order valence-electron chi connectivity index (χ2n) is 5.22. The van der Waals surface area contributed by atoms with Gasteiger partial charge in [-0.2, -0.15) is 5.26 Å². The van der Waals surface area contributed by atoms with Crippen LogP contribution < -0.4 is 5.73 Å². The molecule has 23 heavy (non-hydrogen) atoms. The Bertz CT molecular complexity index is 1170. The highest BCUT2D eigenvalue weighted by molar-refractivity contribution is 6.21. The number of benzene rings is 3. The summed E-state index contributed by atoms with van der Waals surface area (Å²) in [5.41, 5.74) is 5.91. The standard InChI is InChI=1S/C17H10N2O4/c18-6-10-9-5-11(20)12-13(16(9)23-17(10)19)15(22)8-4-2-1-3-7(8)14(12)21/h1-5,20-22H,19H2. The number of nitriles is 1. The van der Waals surface area contributed by atoms with Crippen molar-refractivity contribution in [3.8, 4) is 23.3 Å². The van der Waals surface area contributed by atoms with Gasteiger partial charge >= 0.3 is 0 Å². The Hall–Kier alpha value is -3.59. The molecule has 0 unspecified atom stereocenters. The van der Waals surface area contributed by atoms with Crippen LogP contribution in [0.3, 0.4) is 0 Å². The molecule has 4 rings (SSSR count). The van der Waals surface area contributed by atoms with Crippen molar-refractivity contribution >= 4 is 38.4 Å². The topological polar surface area (TPSA) is 124 Å². The molecule has 0 saturated heterocycles. The first kappa shape index (κ1) is 13.1. The predicted molar refractivity (Wildman–Crippen MR) is 85.3 cm³/mol. The van der Waals surface area contributed by atoms with E-state index < -0.39 is 0 Å². The Labute approximate surface area is 129 Å². The number of phenols is 3. The summed E-state index contributed by atoms with van der Waals surface area (Å²) in [6.07, 6.45) is 0. The molecule has 0 aliphatic heterocycles. The van der Waals surface area contributed by atoms with Crippen molar-refractivity contribution in [2.45, 2.75) is 0 Å². The van der Waals surface area contributed by atoms with Crippen molar-refractivity contribution < 1.29 is 19.7 Å². The van der Waals surface area contributed by atoms with E-state index in [-0.39, 0.29) is 50.4 Å². The van der Waals surface area contributed by atoms with E-state index in [1.54, 1.807) is 24.3 Å². The Morgan fingerprint density at radius 2 is 1.57 bits per heavy atom. The molecule has 0 saturated carbocycles. The fourth-order valence-corrected chi connectivity index (χ4v) is 2.98. The Balaban J connectivity index is 2.40. The van der Waals surface area contributed by atoms with E-state index in [0.29, 0.717) is 10.8 Å². The van der Waals surface area contributed by atoms with Crippen LogP contribution in [0.5, 0.6) is 17.2 Å². The summed E-state index contributed by atoms with van der Waals surface area (Å²) in [7, 11) is 0. The highest BCUT2D eigenvalue weighted by atomic mass is 16.3. The van der Waals surface area contributed by atoms with E-state index in [9.17, 15) is 20.6 Å². The van der Waals surface area contributed by atoms with Crippen LogP contribution in [0.25, 0.3) is 32.5 Å². The molecule has 3 aromatic carbocycles. The first-order chi connectivity index (χ1) is 11.0. The third kappa shape index (κ3) is 1.50. The number of hydrogen-bond acceptors (Lipinski definition) is 6. The lowest BCUT2D eigenvalue weighted by Gasteiger charge is -2.11. The van der Waals surface area contributed by atoms with Crippen LogP contribution >= 0.6 is 0 Å². The molecule has 6 heteroatoms. The number of phenolic OH excluding ortho intramolecular Hbond substituents is 3. The molecule has 1 heterocycles. The highest BCUT2D eigenvalue weighted by Crippen LogP contribution is 2.49. The smallest absolute Gasteiger partial charge is 0.209 e. The number of anilines is 1. The fraction of sp³-hybridized carbons (Fsp3) is 0. The van der Waals surface area contributed by atoms with E-state index in [1.807, 2.05) is 6.07 Å². The summed E-state index contributed by atoms with van der Waals surface area (Å²) in [5.74, 6) is -0.723. The number of fused-ring (bicyclic) bond motifs is 4. The van der Waals surface area contributed by atoms with Crippen LogP contribution in [0.4, 0.5) is 5.88 Å². The molecule has 0 fully saturated rings. The lowest BCUT2D eigenvalue weighted by atomic mass is 9.97. The van der Waals surface area contributed by atoms with E-state index in [1.165, 1.54) is 6.07 Å². The maximum atomic E-state index is 10.6. The molecule has 0 atom stereocenters. The van der Waals surface area contributed by atoms with E-state index in [4.69, 9.17) is 10.2 Å². The fourth-order valence-electron chi connectivity index (χ4n) is 2.98. The maximum Gasteiger partial charge on any atom is 0.209 e. The molecule has 4 aromatic rings. The normalized spacial score (nSPS) is 11.3. The SMILES string of the molecule is N#Cc1c(N)oc2c1cc(O)c1c(O)c3ccccc3c(O)c12. The highest BCUT2D eigenvalue weighted by Gasteiger charge is 2.23. The lowest BCUT2D eigenvalue weighted by molar-refractivity contribution is 0.463. The van der Waals surface area contributed by atoms with Gasteiger partial charge in [0, 0.05) is 16.2 Å². The van der Waals surface area contributed by atoms with Crippen LogP contribution in [0.2, 0.25) is 0 Å². The number of nitrogen functional groups attached to an aromatic ring is 1. The van der Waals surface area contributed by atoms with Gasteiger partial charge in [-0.05, 0) is 6.07 Å². The van der Waals surface area contributed by atoms with Gasteiger partial charge in [0.05, 0.1) is 10.8 Å². The molecule has 0 aliphatic rings. The van der Waals surface area contributed by atoms with Gasteiger partial charge < -0.3 is 25.5 Å². The number of nitrogens with two attached hydrogens (primary N) is 1. The first-order valence-corrected chi connectivity index (χ1v) is 6.75. The zero-order valence-electron chi connectivity index (χ0n) is 11.7. The van der Waals surface area contributed by atoms with Crippen LogP contribution in [-0.2, 0) is 0 Å². The lowest BCUT2D eigenvalue weighted by Crippen LogP contribution is -1.84. The van der Waals surface area contributed by atoms with Crippen molar-refractivity contribution in [3.05, 3.63) is 35.9 Å². The van der Waals surface area contributed by atoms with Gasteiger partial charge in [-0.15, -0.1) is 0 Å². The van der Waals surface area contributed by atoms with E-state index in [2.05, 4.69) is 0 Å². The maximum absolute atomic E-state index is 10.6. The molecule has 112 valence electrons. The van der Waals surface area contributed by atoms with Crippen molar-refractivity contribution in [1.82, 2.24) is 0 Å². The third-order valence-electron chi connectivity index (χ3n) is 4.01. The van der Waals surface area contributed by atoms with E-state index in [0.717, 1.165) is 0 Å². The monoisotopic (exact) mass is 306 g/mol. The second-order valence-corrected chi connectivity index (χ2v) is 5.22. The quantitative estimate of drug-likeness (QED) is 0.292. The first-order valence-electron chi connectivity index (χ1n) is 6.75. The zero-order valence-corrected chi connectivity index (χ0v) is 11.7. The zero-order chi connectivity index (χ0) is 16.3. The largest absolute Gasteiger partial charge is 0.507 e. The van der Waals surface area contributed by atoms with Gasteiger partial charge in [0.1, 0.15) is 34.5 Å². The van der Waals surface area contributed by atoms with Crippen molar-refractivity contribution in [1.29, 1.82) is 5.26 Å². The predicted octanol–water partition coefficient (Wildman–Crippen LogP) is 3.31. The summed E-state index contributed by atoms with van der Waals surface area (Å²) in [6, 6.07) is 9.89. The molecule has 0 amide bonds. The van der Waals surface area contributed by atoms with Crippen LogP contribution in [0.1, 0.15) is 5.56 Å². The average Bonchev–Trinajstić information content (AvgIpc) is 2.86. The molecular weight excluding hydrogens is 296 g/mol. The number of rotatable bonds is 0. The molecule has 0 bridgehead atoms. The second kappa shape index (κ2) is 4.21. The van der Waals surface area contributed by atoms with Crippen LogP contribution in [0, 0.1) is 11.3 Å². The third-order valence-corrected chi connectivity index (χ3v) is 4.01. The van der Waals surface area contributed by atoms with Crippen molar-refractivity contribution in [2.24, 2.45) is 0 Å². The molecule has 6 nitrogen and oxygen atoms in total. The van der Waals surface area contributed by atoms with Gasteiger partial charge in [-0.3, -0.25) is 0 Å². The molecule has 0 spiro atoms. The summed E-state index contributed by atoms with van der Waals surface area (Å²) >= 11 is 0. The minimum atomic E-state index is -0.275. The number of furan rings is 1. The minimum absolute atomic E-state index is 0.0481. The number of nitrogens with zero attached hydrogens (tertiary/aromatic N) is 1. The van der Waals surface area contributed by atoms with Gasteiger partial charge in [0.15, 0.2) is 0 Å². The molecule has 5 N–H and O–H groups in total. The average molecular weight is 306 g/mol. The van der Waals surface area contributed by atoms with Gasteiger partial charge in [-0.1, -0.05) is 24.3 Å². The molecule has 0 aliphatic carbocycles. The number of aromatic hydroxyl groups is 3. The summed E-state index contributed by atoms with van der Waals surface area (Å²) in [6.45, 7) is 0. The van der Waals surface area contributed by atoms with Crippen molar-refractivity contribution in [2.75, 3.05) is 5.73 Å².